The molecule has 4 nitrogen and oxygen atoms in total. The molecule has 0 fully saturated rings. The summed E-state index contributed by atoms with van der Waals surface area (Å²) >= 11 is 0. The second kappa shape index (κ2) is 9.08. The van der Waals surface area contributed by atoms with Gasteiger partial charge in [-0.25, -0.2) is 4.98 Å². The van der Waals surface area contributed by atoms with E-state index in [2.05, 4.69) is 11.6 Å². The molecule has 2 rings (SSSR count). The Morgan fingerprint density at radius 1 is 1.33 bits per heavy atom. The first-order valence-corrected chi connectivity index (χ1v) is 6.70. The van der Waals surface area contributed by atoms with E-state index in [1.165, 1.54) is 5.56 Å². The summed E-state index contributed by atoms with van der Waals surface area (Å²) in [5.74, 6) is 1.55. The minimum atomic E-state index is 0. The number of imidazole rings is 1. The number of methoxy groups -OCH3 is 1. The Bertz CT molecular complexity index is 541. The zero-order valence-corrected chi connectivity index (χ0v) is 12.9. The monoisotopic (exact) mass is 307 g/mol. The average molecular weight is 308 g/mol. The first kappa shape index (κ1) is 17.1. The molecule has 0 N–H and O–H groups in total. The predicted octanol–water partition coefficient (Wildman–Crippen LogP) is 0.0933. The van der Waals surface area contributed by atoms with Gasteiger partial charge in [0.25, 0.3) is 0 Å². The highest BCUT2D eigenvalue weighted by Crippen LogP contribution is 2.28. The number of aryl methyl sites for hydroxylation is 1. The lowest BCUT2D eigenvalue weighted by molar-refractivity contribution is -0.00000486. The number of hydrogen-bond acceptors (Lipinski definition) is 3. The molecule has 0 aliphatic carbocycles. The third-order valence-electron chi connectivity index (χ3n) is 2.99. The Hall–Kier alpha value is -1.94. The Balaban J connectivity index is 0.00000220. The van der Waals surface area contributed by atoms with E-state index < -0.39 is 0 Å². The lowest BCUT2D eigenvalue weighted by Gasteiger charge is -2.12. The van der Waals surface area contributed by atoms with E-state index in [1.807, 2.05) is 41.4 Å². The van der Waals surface area contributed by atoms with Gasteiger partial charge in [-0.15, -0.1) is 6.58 Å². The molecule has 0 unspecified atom stereocenters. The summed E-state index contributed by atoms with van der Waals surface area (Å²) in [5.41, 5.74) is 1.17. The van der Waals surface area contributed by atoms with Crippen molar-refractivity contribution in [1.82, 2.24) is 9.55 Å². The van der Waals surface area contributed by atoms with Crippen molar-refractivity contribution in [3.05, 3.63) is 55.1 Å². The topological polar surface area (TPSA) is 36.3 Å². The fourth-order valence-corrected chi connectivity index (χ4v) is 1.97. The maximum Gasteiger partial charge on any atom is 0.161 e. The Kier molecular flexibility index (Phi) is 7.40. The summed E-state index contributed by atoms with van der Waals surface area (Å²) in [4.78, 5) is 4.01. The molecule has 0 aliphatic rings. The van der Waals surface area contributed by atoms with Crippen molar-refractivity contribution in [2.75, 3.05) is 13.7 Å². The second-order valence-corrected chi connectivity index (χ2v) is 4.48. The Morgan fingerprint density at radius 3 is 2.86 bits per heavy atom. The molecule has 1 heterocycles. The van der Waals surface area contributed by atoms with Gasteiger partial charge in [0.2, 0.25) is 0 Å². The molecular formula is C16H20ClN2O2-. The van der Waals surface area contributed by atoms with Crippen LogP contribution in [0.5, 0.6) is 11.5 Å². The van der Waals surface area contributed by atoms with E-state index in [-0.39, 0.29) is 12.4 Å². The van der Waals surface area contributed by atoms with Gasteiger partial charge in [0, 0.05) is 18.9 Å². The van der Waals surface area contributed by atoms with Gasteiger partial charge in [0.05, 0.1) is 20.0 Å². The van der Waals surface area contributed by atoms with Crippen molar-refractivity contribution in [2.24, 2.45) is 0 Å². The number of allylic oxidation sites excluding steroid dienone is 1. The highest BCUT2D eigenvalue weighted by Gasteiger charge is 2.05. The van der Waals surface area contributed by atoms with E-state index in [9.17, 15) is 0 Å². The molecule has 0 amide bonds. The quantitative estimate of drug-likeness (QED) is 0.512. The molecule has 0 saturated heterocycles. The van der Waals surface area contributed by atoms with Gasteiger partial charge in [-0.05, 0) is 30.5 Å². The largest absolute Gasteiger partial charge is 1.00 e. The number of benzene rings is 1. The molecule has 21 heavy (non-hydrogen) atoms. The minimum Gasteiger partial charge on any atom is -1.00 e. The predicted molar refractivity (Wildman–Crippen MR) is 79.2 cm³/mol. The van der Waals surface area contributed by atoms with Crippen LogP contribution in [0, 0.1) is 0 Å². The van der Waals surface area contributed by atoms with Crippen LogP contribution in [0.2, 0.25) is 0 Å². The number of rotatable bonds is 8. The summed E-state index contributed by atoms with van der Waals surface area (Å²) < 4.78 is 13.2. The zero-order valence-electron chi connectivity index (χ0n) is 12.2. The number of halogens is 1. The third-order valence-corrected chi connectivity index (χ3v) is 2.99. The van der Waals surface area contributed by atoms with Crippen LogP contribution in [0.25, 0.3) is 0 Å². The van der Waals surface area contributed by atoms with Crippen molar-refractivity contribution >= 4 is 0 Å². The zero-order chi connectivity index (χ0) is 14.2. The summed E-state index contributed by atoms with van der Waals surface area (Å²) in [5, 5.41) is 0. The molecule has 0 bridgehead atoms. The number of ether oxygens (including phenoxy) is 2. The van der Waals surface area contributed by atoms with E-state index in [0.717, 1.165) is 30.9 Å². The lowest BCUT2D eigenvalue weighted by Crippen LogP contribution is -3.00. The fourth-order valence-electron chi connectivity index (χ4n) is 1.97. The van der Waals surface area contributed by atoms with Gasteiger partial charge >= 0.3 is 0 Å². The SMILES string of the molecule is C=CCc1ccc(OCCCn2ccnc2)c(OC)c1.[Cl-]. The summed E-state index contributed by atoms with van der Waals surface area (Å²) in [7, 11) is 1.66. The number of hydrogen-bond donors (Lipinski definition) is 0. The van der Waals surface area contributed by atoms with Crippen LogP contribution in [0.3, 0.4) is 0 Å². The van der Waals surface area contributed by atoms with E-state index >= 15 is 0 Å². The fraction of sp³-hybridized carbons (Fsp3) is 0.312. The molecule has 0 spiro atoms. The molecule has 1 aromatic heterocycles. The average Bonchev–Trinajstić information content (AvgIpc) is 2.98. The van der Waals surface area contributed by atoms with Gasteiger partial charge in [0.1, 0.15) is 0 Å². The van der Waals surface area contributed by atoms with Crippen LogP contribution >= 0.6 is 0 Å². The van der Waals surface area contributed by atoms with Gasteiger partial charge in [-0.1, -0.05) is 12.1 Å². The molecule has 1 aromatic carbocycles. The maximum absolute atomic E-state index is 5.77. The highest BCUT2D eigenvalue weighted by atomic mass is 35.5. The van der Waals surface area contributed by atoms with Crippen molar-refractivity contribution in [1.29, 1.82) is 0 Å². The van der Waals surface area contributed by atoms with Crippen molar-refractivity contribution in [2.45, 2.75) is 19.4 Å². The molecule has 2 aromatic rings. The molecular weight excluding hydrogens is 288 g/mol. The smallest absolute Gasteiger partial charge is 0.161 e. The van der Waals surface area contributed by atoms with Gasteiger partial charge in [0.15, 0.2) is 11.5 Å². The molecule has 0 radical (unpaired) electrons. The Labute approximate surface area is 131 Å². The second-order valence-electron chi connectivity index (χ2n) is 4.48. The van der Waals surface area contributed by atoms with E-state index in [1.54, 1.807) is 13.3 Å². The van der Waals surface area contributed by atoms with Gasteiger partial charge < -0.3 is 26.4 Å². The van der Waals surface area contributed by atoms with E-state index in [4.69, 9.17) is 9.47 Å². The normalized spacial score (nSPS) is 9.76. The maximum atomic E-state index is 5.77. The van der Waals surface area contributed by atoms with Crippen LogP contribution in [-0.2, 0) is 13.0 Å². The molecule has 0 atom stereocenters. The van der Waals surface area contributed by atoms with Crippen molar-refractivity contribution < 1.29 is 21.9 Å². The molecule has 0 aliphatic heterocycles. The lowest BCUT2D eigenvalue weighted by atomic mass is 10.1. The number of nitrogens with zero attached hydrogens (tertiary/aromatic N) is 2. The van der Waals surface area contributed by atoms with Gasteiger partial charge in [-0.3, -0.25) is 0 Å². The van der Waals surface area contributed by atoms with Crippen molar-refractivity contribution in [3.63, 3.8) is 0 Å². The van der Waals surface area contributed by atoms with Crippen LogP contribution in [0.15, 0.2) is 49.6 Å². The third kappa shape index (κ3) is 5.16. The highest BCUT2D eigenvalue weighted by molar-refractivity contribution is 5.43. The van der Waals surface area contributed by atoms with Crippen molar-refractivity contribution in [3.8, 4) is 11.5 Å². The molecule has 0 saturated carbocycles. The Morgan fingerprint density at radius 2 is 2.19 bits per heavy atom. The molecule has 5 heteroatoms. The summed E-state index contributed by atoms with van der Waals surface area (Å²) in [6, 6.07) is 5.98. The van der Waals surface area contributed by atoms with Gasteiger partial charge in [-0.2, -0.15) is 0 Å². The molecule has 114 valence electrons. The number of aromatic nitrogens is 2. The standard InChI is InChI=1S/C16H20N2O2.ClH/c1-3-5-14-6-7-15(16(12-14)19-2)20-11-4-9-18-10-8-17-13-18;/h3,6-8,10,12-13H,1,4-5,9,11H2,2H3;1H/p-1. The summed E-state index contributed by atoms with van der Waals surface area (Å²) in [6.45, 7) is 5.29. The first-order chi connectivity index (χ1) is 9.83. The van der Waals surface area contributed by atoms with Crippen LogP contribution in [0.1, 0.15) is 12.0 Å². The van der Waals surface area contributed by atoms with Crippen LogP contribution in [-0.4, -0.2) is 23.3 Å². The van der Waals surface area contributed by atoms with Crippen LogP contribution in [0.4, 0.5) is 0 Å². The summed E-state index contributed by atoms with van der Waals surface area (Å²) in [6.07, 6.45) is 9.17. The van der Waals surface area contributed by atoms with E-state index in [0.29, 0.717) is 6.61 Å². The minimum absolute atomic E-state index is 0. The first-order valence-electron chi connectivity index (χ1n) is 6.70. The van der Waals surface area contributed by atoms with Crippen LogP contribution < -0.4 is 21.9 Å².